The molecule has 0 aliphatic carbocycles. The largest absolute Gasteiger partial charge is 0.481 e. The Morgan fingerprint density at radius 2 is 2.00 bits per heavy atom. The highest BCUT2D eigenvalue weighted by Gasteiger charge is 2.19. The molecule has 5 heteroatoms. The molecule has 0 bridgehead atoms. The van der Waals surface area contributed by atoms with Crippen molar-refractivity contribution in [3.8, 4) is 0 Å². The highest BCUT2D eigenvalue weighted by atomic mass is 19.1. The van der Waals surface area contributed by atoms with Gasteiger partial charge in [-0.3, -0.25) is 9.59 Å². The Morgan fingerprint density at radius 3 is 2.50 bits per heavy atom. The van der Waals surface area contributed by atoms with Gasteiger partial charge in [0.2, 0.25) is 0 Å². The van der Waals surface area contributed by atoms with E-state index in [0.717, 1.165) is 12.1 Å². The molecule has 1 aromatic carbocycles. The molecule has 0 amide bonds. The van der Waals surface area contributed by atoms with Crippen molar-refractivity contribution in [1.82, 2.24) is 0 Å². The van der Waals surface area contributed by atoms with Gasteiger partial charge in [0.25, 0.3) is 0 Å². The van der Waals surface area contributed by atoms with Crippen LogP contribution in [0.5, 0.6) is 0 Å². The van der Waals surface area contributed by atoms with E-state index in [-0.39, 0.29) is 12.0 Å². The number of aliphatic carboxylic acids is 1. The molecule has 0 aliphatic heterocycles. The summed E-state index contributed by atoms with van der Waals surface area (Å²) in [5.41, 5.74) is -0.283. The van der Waals surface area contributed by atoms with Gasteiger partial charge in [0.1, 0.15) is 11.6 Å². The lowest BCUT2D eigenvalue weighted by molar-refractivity contribution is -0.141. The van der Waals surface area contributed by atoms with E-state index in [1.54, 1.807) is 0 Å². The first-order valence-corrected chi connectivity index (χ1v) is 4.63. The van der Waals surface area contributed by atoms with Crippen molar-refractivity contribution in [3.05, 3.63) is 35.4 Å². The molecule has 0 aromatic heterocycles. The molecule has 0 aliphatic rings. The smallest absolute Gasteiger partial charge is 0.306 e. The lowest BCUT2D eigenvalue weighted by Gasteiger charge is -2.05. The Labute approximate surface area is 90.7 Å². The maximum absolute atomic E-state index is 13.1. The number of benzene rings is 1. The van der Waals surface area contributed by atoms with Gasteiger partial charge >= 0.3 is 5.97 Å². The highest BCUT2D eigenvalue weighted by molar-refractivity contribution is 5.98. The number of carboxylic acid groups (broad SMARTS) is 1. The van der Waals surface area contributed by atoms with E-state index < -0.39 is 29.3 Å². The SMILES string of the molecule is CC(CC(=O)c1ccc(F)cc1F)C(=O)O. The summed E-state index contributed by atoms with van der Waals surface area (Å²) in [6.07, 6.45) is -0.308. The van der Waals surface area contributed by atoms with E-state index in [0.29, 0.717) is 6.07 Å². The van der Waals surface area contributed by atoms with Crippen LogP contribution in [0.1, 0.15) is 23.7 Å². The second-order valence-corrected chi connectivity index (χ2v) is 3.49. The van der Waals surface area contributed by atoms with Crippen LogP contribution in [0.25, 0.3) is 0 Å². The fourth-order valence-corrected chi connectivity index (χ4v) is 1.19. The Bertz CT molecular complexity index is 429. The minimum absolute atomic E-state index is 0.283. The van der Waals surface area contributed by atoms with Crippen molar-refractivity contribution < 1.29 is 23.5 Å². The van der Waals surface area contributed by atoms with Crippen molar-refractivity contribution in [2.45, 2.75) is 13.3 Å². The zero-order chi connectivity index (χ0) is 12.3. The second-order valence-electron chi connectivity index (χ2n) is 3.49. The van der Waals surface area contributed by atoms with Crippen LogP contribution < -0.4 is 0 Å². The fraction of sp³-hybridized carbons (Fsp3) is 0.273. The minimum Gasteiger partial charge on any atom is -0.481 e. The molecule has 0 radical (unpaired) electrons. The number of carboxylic acids is 1. The predicted molar refractivity (Wildman–Crippen MR) is 52.1 cm³/mol. The number of halogens is 2. The molecule has 1 N–H and O–H groups in total. The molecule has 1 atom stereocenters. The lowest BCUT2D eigenvalue weighted by Crippen LogP contribution is -2.15. The average Bonchev–Trinajstić information content (AvgIpc) is 2.16. The van der Waals surface area contributed by atoms with Gasteiger partial charge in [0.05, 0.1) is 11.5 Å². The van der Waals surface area contributed by atoms with Crippen LogP contribution in [0, 0.1) is 17.6 Å². The maximum Gasteiger partial charge on any atom is 0.306 e. The van der Waals surface area contributed by atoms with Crippen molar-refractivity contribution >= 4 is 11.8 Å². The molecule has 0 saturated heterocycles. The Kier molecular flexibility index (Phi) is 3.71. The van der Waals surface area contributed by atoms with E-state index in [9.17, 15) is 18.4 Å². The van der Waals surface area contributed by atoms with E-state index >= 15 is 0 Å². The molecule has 16 heavy (non-hydrogen) atoms. The summed E-state index contributed by atoms with van der Waals surface area (Å²) in [5, 5.41) is 8.59. The van der Waals surface area contributed by atoms with E-state index in [1.165, 1.54) is 6.92 Å². The zero-order valence-electron chi connectivity index (χ0n) is 8.54. The molecule has 0 heterocycles. The molecule has 3 nitrogen and oxygen atoms in total. The first-order valence-electron chi connectivity index (χ1n) is 4.63. The Morgan fingerprint density at radius 1 is 1.38 bits per heavy atom. The van der Waals surface area contributed by atoms with Crippen LogP contribution in [-0.4, -0.2) is 16.9 Å². The number of Topliss-reactive ketones (excluding diaryl/α,β-unsaturated/α-hetero) is 1. The highest BCUT2D eigenvalue weighted by Crippen LogP contribution is 2.14. The summed E-state index contributed by atoms with van der Waals surface area (Å²) in [6.45, 7) is 1.35. The Hall–Kier alpha value is -1.78. The van der Waals surface area contributed by atoms with Crippen molar-refractivity contribution in [2.75, 3.05) is 0 Å². The van der Waals surface area contributed by atoms with Crippen LogP contribution in [0.3, 0.4) is 0 Å². The third-order valence-electron chi connectivity index (χ3n) is 2.14. The van der Waals surface area contributed by atoms with Gasteiger partial charge in [-0.15, -0.1) is 0 Å². The van der Waals surface area contributed by atoms with E-state index in [1.807, 2.05) is 0 Å². The number of carbonyl (C=O) groups is 2. The fourth-order valence-electron chi connectivity index (χ4n) is 1.19. The summed E-state index contributed by atoms with van der Waals surface area (Å²) in [6, 6.07) is 2.57. The maximum atomic E-state index is 13.1. The number of rotatable bonds is 4. The molecule has 0 spiro atoms. The molecule has 1 aromatic rings. The van der Waals surface area contributed by atoms with Gasteiger partial charge in [-0.1, -0.05) is 6.92 Å². The number of ketones is 1. The van der Waals surface area contributed by atoms with E-state index in [4.69, 9.17) is 5.11 Å². The summed E-state index contributed by atoms with van der Waals surface area (Å²) in [4.78, 5) is 22.0. The summed E-state index contributed by atoms with van der Waals surface area (Å²) < 4.78 is 25.7. The van der Waals surface area contributed by atoms with Crippen LogP contribution in [0.15, 0.2) is 18.2 Å². The predicted octanol–water partition coefficient (Wildman–Crippen LogP) is 2.26. The van der Waals surface area contributed by atoms with Crippen LogP contribution in [-0.2, 0) is 4.79 Å². The van der Waals surface area contributed by atoms with Gasteiger partial charge in [-0.05, 0) is 12.1 Å². The van der Waals surface area contributed by atoms with Gasteiger partial charge in [0, 0.05) is 12.5 Å². The zero-order valence-corrected chi connectivity index (χ0v) is 8.54. The second kappa shape index (κ2) is 4.83. The van der Waals surface area contributed by atoms with Gasteiger partial charge < -0.3 is 5.11 Å². The monoisotopic (exact) mass is 228 g/mol. The lowest BCUT2D eigenvalue weighted by atomic mass is 9.99. The normalized spacial score (nSPS) is 12.2. The molecule has 86 valence electrons. The minimum atomic E-state index is -1.13. The topological polar surface area (TPSA) is 54.4 Å². The first kappa shape index (κ1) is 12.3. The summed E-state index contributed by atoms with van der Waals surface area (Å²) >= 11 is 0. The number of hydrogen-bond acceptors (Lipinski definition) is 2. The first-order chi connectivity index (χ1) is 7.41. The van der Waals surface area contributed by atoms with Crippen LogP contribution >= 0.6 is 0 Å². The van der Waals surface area contributed by atoms with Crippen molar-refractivity contribution in [3.63, 3.8) is 0 Å². The van der Waals surface area contributed by atoms with Gasteiger partial charge in [0.15, 0.2) is 5.78 Å². The molecule has 1 unspecified atom stereocenters. The van der Waals surface area contributed by atoms with Gasteiger partial charge in [-0.2, -0.15) is 0 Å². The molecule has 0 saturated carbocycles. The molecule has 0 fully saturated rings. The van der Waals surface area contributed by atoms with E-state index in [2.05, 4.69) is 0 Å². The summed E-state index contributed by atoms with van der Waals surface area (Å²) in [5.74, 6) is -4.41. The Balaban J connectivity index is 2.85. The molecular weight excluding hydrogens is 218 g/mol. The quantitative estimate of drug-likeness (QED) is 0.804. The summed E-state index contributed by atoms with van der Waals surface area (Å²) in [7, 11) is 0. The third-order valence-corrected chi connectivity index (χ3v) is 2.14. The van der Waals surface area contributed by atoms with Gasteiger partial charge in [-0.25, -0.2) is 8.78 Å². The third kappa shape index (κ3) is 2.85. The van der Waals surface area contributed by atoms with Crippen molar-refractivity contribution in [2.24, 2.45) is 5.92 Å². The standard InChI is InChI=1S/C11H10F2O3/c1-6(11(15)16)4-10(14)8-3-2-7(12)5-9(8)13/h2-3,5-6H,4H2,1H3,(H,15,16). The van der Waals surface area contributed by atoms with Crippen molar-refractivity contribution in [1.29, 1.82) is 0 Å². The van der Waals surface area contributed by atoms with Crippen LogP contribution in [0.2, 0.25) is 0 Å². The average molecular weight is 228 g/mol. The number of hydrogen-bond donors (Lipinski definition) is 1. The molecular formula is C11H10F2O3. The molecule has 1 rings (SSSR count). The van der Waals surface area contributed by atoms with Crippen LogP contribution in [0.4, 0.5) is 8.78 Å². The number of carbonyl (C=O) groups excluding carboxylic acids is 1.